The number of isothiocyanates is 1. The third-order valence-electron chi connectivity index (χ3n) is 9.97. The molecule has 1 aromatic heterocycles. The Labute approximate surface area is 827 Å². The van der Waals surface area contributed by atoms with Crippen LogP contribution in [0.4, 0.5) is 0 Å². The van der Waals surface area contributed by atoms with Gasteiger partial charge in [0.1, 0.15) is 28.7 Å². The van der Waals surface area contributed by atoms with Crippen molar-refractivity contribution in [3.8, 4) is 0 Å². The van der Waals surface area contributed by atoms with E-state index in [0.717, 1.165) is 16.7 Å². The lowest BCUT2D eigenvalue weighted by Crippen LogP contribution is -2.45. The van der Waals surface area contributed by atoms with E-state index in [-0.39, 0.29) is 196 Å². The number of imide groups is 1. The summed E-state index contributed by atoms with van der Waals surface area (Å²) in [6, 6.07) is 5.98. The van der Waals surface area contributed by atoms with E-state index >= 15 is 0 Å². The Morgan fingerprint density at radius 3 is 0.899 bits per heavy atom. The lowest BCUT2D eigenvalue weighted by atomic mass is 9.89. The van der Waals surface area contributed by atoms with Gasteiger partial charge >= 0.3 is 0 Å². The van der Waals surface area contributed by atoms with Crippen molar-refractivity contribution in [2.45, 2.75) is 522 Å². The number of nitrogens with zero attached hydrogens (tertiary/aromatic N) is 4. The SMILES string of the molecule is C.C.C.C.C.C.C.C.C.C.C.C.C.C.C.C=CS(=O)(=O)C(C)(C)C.CC(=O)C(C)(C)C.CC(=O)CC(C)(C)C.CC(C)(C)C.CC(C)(C)C(=O)NN.CC(C)(C)C=O.CC(C)(C)N.CC(C)(C)N1C(=O)C=CC1=O.CC(C)(C)N=C=O.CC(C)(C)N=C=S.CC(C)(C)NN.CC(C)(C)ON.CC(C)(C)S(=O)(=O)Cl.CC(C)(C)SSc1ccccn1.CCC(=O)CC(C)(C)C. The molecule has 0 unspecified atom stereocenters. The molecule has 0 aromatic carbocycles. The highest BCUT2D eigenvalue weighted by Gasteiger charge is 2.33. The van der Waals surface area contributed by atoms with Crippen molar-refractivity contribution in [3.05, 3.63) is 48.5 Å². The second kappa shape index (κ2) is 91.5. The third kappa shape index (κ3) is 213. The van der Waals surface area contributed by atoms with Crippen LogP contribution in [-0.2, 0) is 62.1 Å². The fourth-order valence-corrected chi connectivity index (χ4v) is 6.48. The summed E-state index contributed by atoms with van der Waals surface area (Å²) >= 11 is 4.38. The van der Waals surface area contributed by atoms with Crippen molar-refractivity contribution in [2.24, 2.45) is 65.8 Å². The molecule has 3 amide bonds. The molecule has 0 fully saturated rings. The number of amides is 3. The minimum atomic E-state index is -3.37. The molecule has 23 nitrogen and oxygen atoms in total. The number of aromatic nitrogens is 1. The van der Waals surface area contributed by atoms with Crippen LogP contribution in [0.5, 0.6) is 0 Å². The number of carbonyl (C=O) groups is 7. The molecule has 0 radical (unpaired) electrons. The monoisotopic (exact) mass is 1980 g/mol. The second-order valence-electron chi connectivity index (χ2n) is 42.2. The molecule has 29 heteroatoms. The predicted octanol–water partition coefficient (Wildman–Crippen LogP) is 30.6. The van der Waals surface area contributed by atoms with E-state index in [2.05, 4.69) is 145 Å². The first kappa shape index (κ1) is 204. The van der Waals surface area contributed by atoms with Crippen molar-refractivity contribution in [1.29, 1.82) is 0 Å². The van der Waals surface area contributed by atoms with E-state index in [4.69, 9.17) is 34.0 Å². The standard InChI is InChI=1S/C9H13NS2.C8H11NO2.C8H16O.C7H14O.C6H12O2S.C6H12O.C5H12N2O.C5H9NO.C5H9NS.C5H10O.C5H12.C4H9ClO2S.C4H12N2.C4H11NO.C4H11N.15CH4/c1-9(2,3)12-11-8-6-4-5-7-10-8;1-8(2,3)9-6(10)4-5-7(9)11;1-5-7(9)6-8(2,3)4;1-6(8)5-7(2,3)4;1-5-9(7,8)6(2,3)4;1-5(7)6(2,3)4;1-5(2,3)4(8)7-6;2*1-5(2,3)6-4-7;1-5(2,3)4-6;1-5(2,3)4;1-4(2,3)8(5,6)7;2*1-4(2,3)6-5;1-4(2,3)5;;;;;;;;;;;;;;;/h4-7H,1-3H3;4-5H,1-3H3;5-6H2,1-4H3;5H2,1-4H3;5H,1H2,2-4H3;1-4H3;6H2,1-3H3,(H,7,8);2*1-3H3;4H,1-3H3;1-4H3;1-3H3;6H,5H2,1-3H3;5H2,1-3H3;5H2,1-3H3;15*1H4. The number of pyridine rings is 1. The highest BCUT2D eigenvalue weighted by molar-refractivity contribution is 8.77. The largest absolute Gasteiger partial charge is 0.326 e. The lowest BCUT2D eigenvalue weighted by molar-refractivity contribution is -0.142. The molecular weight excluding hydrogens is 1740 g/mol. The number of nitrogens with one attached hydrogen (secondary N) is 2. The summed E-state index contributed by atoms with van der Waals surface area (Å²) in [5, 5.41) is 4.39. The zero-order chi connectivity index (χ0) is 96.0. The van der Waals surface area contributed by atoms with Gasteiger partial charge in [-0.25, -0.2) is 48.3 Å². The van der Waals surface area contributed by atoms with Crippen LogP contribution in [-0.4, -0.2) is 127 Å². The number of halogens is 1. The van der Waals surface area contributed by atoms with E-state index < -0.39 is 33.9 Å². The molecule has 1 aromatic rings. The molecule has 0 bridgehead atoms. The van der Waals surface area contributed by atoms with Crippen molar-refractivity contribution >= 4 is 116 Å². The topological polar surface area (TPSA) is 383 Å². The number of aliphatic imine (C=N–C) groups is 2. The highest BCUT2D eigenvalue weighted by atomic mass is 35.7. The van der Waals surface area contributed by atoms with Gasteiger partial charge in [0.25, 0.3) is 11.8 Å². The first-order valence-corrected chi connectivity index (χ1v) is 44.0. The first-order chi connectivity index (χ1) is 49.2. The number of hydrazine groups is 2. The fraction of sp³-hybridized carbons (Fsp3) is 0.820. The van der Waals surface area contributed by atoms with Crippen LogP contribution < -0.4 is 34.2 Å². The number of carbonyl (C=O) groups excluding carboxylic acids is 8. The highest BCUT2D eigenvalue weighted by Crippen LogP contribution is 2.39. The number of Topliss-reactive ketones (excluding diaryl/α,β-unsaturated/α-hetero) is 3. The smallest absolute Gasteiger partial charge is 0.254 e. The summed E-state index contributed by atoms with van der Waals surface area (Å²) in [4.78, 5) is 101. The maximum Gasteiger partial charge on any atom is 0.254 e. The van der Waals surface area contributed by atoms with Crippen LogP contribution in [0, 0.1) is 32.5 Å². The number of isocyanates is 1. The third-order valence-corrected chi connectivity index (χ3v) is 18.3. The Bertz CT molecular complexity index is 3060. The van der Waals surface area contributed by atoms with Crippen molar-refractivity contribution < 1.29 is 60.0 Å². The lowest BCUT2D eigenvalue weighted by Gasteiger charge is -2.29. The van der Waals surface area contributed by atoms with Crippen LogP contribution in [0.1, 0.15) is 470 Å². The van der Waals surface area contributed by atoms with E-state index in [1.807, 2.05) is 208 Å². The number of hydrogen-bond donors (Lipinski definition) is 6. The maximum absolute atomic E-state index is 11.0. The summed E-state index contributed by atoms with van der Waals surface area (Å²) in [6.07, 6.45) is 8.92. The van der Waals surface area contributed by atoms with Gasteiger partial charge in [-0.3, -0.25) is 50.4 Å². The van der Waals surface area contributed by atoms with Gasteiger partial charge < -0.3 is 15.3 Å². The number of aldehydes is 1. The molecule has 10 N–H and O–H groups in total. The van der Waals surface area contributed by atoms with E-state index in [9.17, 15) is 55.2 Å². The normalized spacial score (nSPS) is 10.9. The van der Waals surface area contributed by atoms with E-state index in [1.54, 1.807) is 87.0 Å². The van der Waals surface area contributed by atoms with Crippen molar-refractivity contribution in [2.75, 3.05) is 0 Å². The minimum absolute atomic E-state index is 0. The molecule has 2 heterocycles. The summed E-state index contributed by atoms with van der Waals surface area (Å²) in [5.41, 5.74) is 9.42. The Morgan fingerprint density at radius 1 is 0.558 bits per heavy atom. The minimum Gasteiger partial charge on any atom is -0.326 e. The quantitative estimate of drug-likeness (QED) is 0.0147. The second-order valence-corrected chi connectivity index (χ2v) is 51.3. The van der Waals surface area contributed by atoms with Gasteiger partial charge in [-0.1, -0.05) is 294 Å². The van der Waals surface area contributed by atoms with Gasteiger partial charge in [0.15, 0.2) is 9.84 Å². The molecular formula is C100H233ClN10O13S5. The Hall–Kier alpha value is -4.25. The van der Waals surface area contributed by atoms with E-state index in [0.29, 0.717) is 35.2 Å². The molecule has 129 heavy (non-hydrogen) atoms. The fourth-order valence-electron chi connectivity index (χ4n) is 3.83. The van der Waals surface area contributed by atoms with Crippen LogP contribution >= 0.6 is 44.5 Å². The van der Waals surface area contributed by atoms with Gasteiger partial charge in [0.2, 0.25) is 21.0 Å². The number of ketones is 3. The first-order valence-electron chi connectivity index (χ1n) is 37.6. The number of nitrogens with two attached hydrogens (primary N) is 4. The molecule has 0 saturated heterocycles. The zero-order valence-corrected chi connectivity index (χ0v) is 86.1. The molecule has 1 aliphatic rings. The summed E-state index contributed by atoms with van der Waals surface area (Å²) in [5.74, 6) is 15.0. The number of rotatable bonds is 6. The molecule has 0 aliphatic carbocycles. The molecule has 0 saturated carbocycles. The molecule has 1 aliphatic heterocycles. The molecule has 0 atom stereocenters. The average molecular weight is 1980 g/mol. The predicted molar refractivity (Wildman–Crippen MR) is 598 cm³/mol. The Balaban J connectivity index is -0.0000000325. The maximum atomic E-state index is 11.0. The van der Waals surface area contributed by atoms with Crippen LogP contribution in [0.3, 0.4) is 0 Å². The number of hydrogen-bond acceptors (Lipinski definition) is 24. The van der Waals surface area contributed by atoms with Gasteiger partial charge in [0.05, 0.1) is 31.3 Å². The Morgan fingerprint density at radius 2 is 0.829 bits per heavy atom. The van der Waals surface area contributed by atoms with Crippen LogP contribution in [0.2, 0.25) is 0 Å². The average Bonchev–Trinajstić information content (AvgIpc) is 1.42. The van der Waals surface area contributed by atoms with Crippen LogP contribution in [0.25, 0.3) is 0 Å². The van der Waals surface area contributed by atoms with Gasteiger partial charge in [-0.2, -0.15) is 0 Å². The van der Waals surface area contributed by atoms with E-state index in [1.165, 1.54) is 23.1 Å². The Kier molecular flexibility index (Phi) is 145. The van der Waals surface area contributed by atoms with Crippen molar-refractivity contribution in [1.82, 2.24) is 20.7 Å². The zero-order valence-electron chi connectivity index (χ0n) is 81.3. The van der Waals surface area contributed by atoms with Crippen LogP contribution in [0.15, 0.2) is 63.5 Å². The molecule has 0 spiro atoms. The molecule has 798 valence electrons. The summed E-state index contributed by atoms with van der Waals surface area (Å²) < 4.78 is 41.4. The van der Waals surface area contributed by atoms with Gasteiger partial charge in [0, 0.05) is 91.3 Å². The summed E-state index contributed by atoms with van der Waals surface area (Å²) in [6.45, 7) is 97.1. The van der Waals surface area contributed by atoms with Crippen molar-refractivity contribution in [3.63, 3.8) is 0 Å². The van der Waals surface area contributed by atoms with Gasteiger partial charge in [-0.15, -0.1) is 0 Å². The number of thiocarbonyl (C=S) groups is 1. The summed E-state index contributed by atoms with van der Waals surface area (Å²) in [7, 11) is 2.12. The molecule has 2 rings (SSSR count). The van der Waals surface area contributed by atoms with Gasteiger partial charge in [-0.05, 0) is 231 Å². The number of sulfone groups is 1.